The first-order valence-electron chi connectivity index (χ1n) is 6.88. The molecule has 3 heteroatoms. The Bertz CT molecular complexity index is 731. The standard InChI is InChI=1S/C17H18N2S/c1-12-7-8-15-16(11-12)20-17(19-15)14-6-4-3-5-13(14)9-10-18-2/h3-8,11,18H,9-10H2,1-2H3. The lowest BCUT2D eigenvalue weighted by molar-refractivity contribution is 0.792. The molecule has 1 aromatic heterocycles. The van der Waals surface area contributed by atoms with Gasteiger partial charge in [-0.2, -0.15) is 0 Å². The fourth-order valence-corrected chi connectivity index (χ4v) is 3.48. The van der Waals surface area contributed by atoms with Crippen molar-refractivity contribution in [3.8, 4) is 10.6 Å². The van der Waals surface area contributed by atoms with E-state index in [9.17, 15) is 0 Å². The Balaban J connectivity index is 2.06. The Morgan fingerprint density at radius 3 is 2.85 bits per heavy atom. The van der Waals surface area contributed by atoms with E-state index in [0.717, 1.165) is 23.5 Å². The van der Waals surface area contributed by atoms with E-state index in [1.807, 2.05) is 7.05 Å². The van der Waals surface area contributed by atoms with Crippen LogP contribution in [-0.4, -0.2) is 18.6 Å². The van der Waals surface area contributed by atoms with Crippen molar-refractivity contribution in [2.75, 3.05) is 13.6 Å². The van der Waals surface area contributed by atoms with Gasteiger partial charge in [0.05, 0.1) is 10.2 Å². The van der Waals surface area contributed by atoms with E-state index in [0.29, 0.717) is 0 Å². The fraction of sp³-hybridized carbons (Fsp3) is 0.235. The van der Waals surface area contributed by atoms with Crippen molar-refractivity contribution in [3.63, 3.8) is 0 Å². The monoisotopic (exact) mass is 282 g/mol. The minimum Gasteiger partial charge on any atom is -0.319 e. The van der Waals surface area contributed by atoms with Crippen LogP contribution in [0.5, 0.6) is 0 Å². The molecule has 102 valence electrons. The molecule has 0 fully saturated rings. The summed E-state index contributed by atoms with van der Waals surface area (Å²) >= 11 is 1.78. The van der Waals surface area contributed by atoms with Gasteiger partial charge in [-0.25, -0.2) is 4.98 Å². The van der Waals surface area contributed by atoms with Crippen LogP contribution in [-0.2, 0) is 6.42 Å². The molecule has 0 unspecified atom stereocenters. The molecule has 0 saturated heterocycles. The van der Waals surface area contributed by atoms with Gasteiger partial charge in [-0.3, -0.25) is 0 Å². The summed E-state index contributed by atoms with van der Waals surface area (Å²) in [5, 5.41) is 4.33. The van der Waals surface area contributed by atoms with Crippen LogP contribution < -0.4 is 5.32 Å². The maximum atomic E-state index is 4.79. The van der Waals surface area contributed by atoms with Crippen molar-refractivity contribution in [2.45, 2.75) is 13.3 Å². The van der Waals surface area contributed by atoms with Gasteiger partial charge >= 0.3 is 0 Å². The molecular formula is C17H18N2S. The lowest BCUT2D eigenvalue weighted by atomic mass is 10.1. The van der Waals surface area contributed by atoms with Crippen LogP contribution >= 0.6 is 11.3 Å². The first-order valence-corrected chi connectivity index (χ1v) is 7.69. The van der Waals surface area contributed by atoms with Crippen molar-refractivity contribution in [2.24, 2.45) is 0 Å². The van der Waals surface area contributed by atoms with Gasteiger partial charge in [0.1, 0.15) is 5.01 Å². The summed E-state index contributed by atoms with van der Waals surface area (Å²) < 4.78 is 1.27. The van der Waals surface area contributed by atoms with Gasteiger partial charge in [0.25, 0.3) is 0 Å². The third-order valence-corrected chi connectivity index (χ3v) is 4.49. The van der Waals surface area contributed by atoms with Crippen LogP contribution in [0, 0.1) is 6.92 Å². The van der Waals surface area contributed by atoms with Crippen molar-refractivity contribution >= 4 is 21.6 Å². The summed E-state index contributed by atoms with van der Waals surface area (Å²) in [4.78, 5) is 4.79. The average Bonchev–Trinajstić information content (AvgIpc) is 2.88. The lowest BCUT2D eigenvalue weighted by Gasteiger charge is -2.06. The molecule has 0 aliphatic rings. The van der Waals surface area contributed by atoms with Gasteiger partial charge in [-0.15, -0.1) is 11.3 Å². The number of aryl methyl sites for hydroxylation is 1. The smallest absolute Gasteiger partial charge is 0.124 e. The van der Waals surface area contributed by atoms with E-state index in [1.54, 1.807) is 11.3 Å². The Morgan fingerprint density at radius 2 is 2.00 bits per heavy atom. The summed E-state index contributed by atoms with van der Waals surface area (Å²) in [7, 11) is 1.99. The van der Waals surface area contributed by atoms with E-state index >= 15 is 0 Å². The molecule has 0 aliphatic carbocycles. The van der Waals surface area contributed by atoms with Crippen LogP contribution in [0.3, 0.4) is 0 Å². The van der Waals surface area contributed by atoms with Crippen LogP contribution in [0.15, 0.2) is 42.5 Å². The number of likely N-dealkylation sites (N-methyl/N-ethyl adjacent to an activating group) is 1. The van der Waals surface area contributed by atoms with E-state index in [1.165, 1.54) is 21.4 Å². The molecule has 0 radical (unpaired) electrons. The largest absolute Gasteiger partial charge is 0.319 e. The second-order valence-corrected chi connectivity index (χ2v) is 6.03. The Labute approximate surface area is 123 Å². The van der Waals surface area contributed by atoms with Crippen molar-refractivity contribution < 1.29 is 0 Å². The minimum absolute atomic E-state index is 0.987. The number of hydrogen-bond donors (Lipinski definition) is 1. The second kappa shape index (κ2) is 5.73. The summed E-state index contributed by atoms with van der Waals surface area (Å²) in [6.45, 7) is 3.11. The zero-order valence-corrected chi connectivity index (χ0v) is 12.6. The van der Waals surface area contributed by atoms with E-state index in [2.05, 4.69) is 54.7 Å². The normalized spacial score (nSPS) is 11.1. The van der Waals surface area contributed by atoms with Crippen LogP contribution in [0.25, 0.3) is 20.8 Å². The highest BCUT2D eigenvalue weighted by atomic mass is 32.1. The number of thiazole rings is 1. The highest BCUT2D eigenvalue weighted by molar-refractivity contribution is 7.21. The quantitative estimate of drug-likeness (QED) is 0.781. The van der Waals surface area contributed by atoms with E-state index < -0.39 is 0 Å². The lowest BCUT2D eigenvalue weighted by Crippen LogP contribution is -2.10. The summed E-state index contributed by atoms with van der Waals surface area (Å²) in [5.41, 5.74) is 5.01. The Hall–Kier alpha value is -1.71. The van der Waals surface area contributed by atoms with Gasteiger partial charge < -0.3 is 5.32 Å². The molecule has 2 aromatic carbocycles. The number of hydrogen-bond acceptors (Lipinski definition) is 3. The first-order chi connectivity index (χ1) is 9.78. The van der Waals surface area contributed by atoms with E-state index in [4.69, 9.17) is 4.98 Å². The van der Waals surface area contributed by atoms with Crippen molar-refractivity contribution in [1.29, 1.82) is 0 Å². The zero-order chi connectivity index (χ0) is 13.9. The summed E-state index contributed by atoms with van der Waals surface area (Å²) in [6.07, 6.45) is 1.03. The maximum Gasteiger partial charge on any atom is 0.124 e. The van der Waals surface area contributed by atoms with Gasteiger partial charge in [-0.1, -0.05) is 30.3 Å². The molecule has 0 amide bonds. The average molecular weight is 282 g/mol. The molecule has 1 N–H and O–H groups in total. The number of nitrogens with one attached hydrogen (secondary N) is 1. The third kappa shape index (κ3) is 2.60. The van der Waals surface area contributed by atoms with Crippen LogP contribution in [0.1, 0.15) is 11.1 Å². The zero-order valence-electron chi connectivity index (χ0n) is 11.8. The number of aromatic nitrogens is 1. The molecule has 3 aromatic rings. The summed E-state index contributed by atoms with van der Waals surface area (Å²) in [5.74, 6) is 0. The second-order valence-electron chi connectivity index (χ2n) is 5.00. The Kier molecular flexibility index (Phi) is 3.81. The van der Waals surface area contributed by atoms with Crippen LogP contribution in [0.2, 0.25) is 0 Å². The van der Waals surface area contributed by atoms with Gasteiger partial charge in [0.15, 0.2) is 0 Å². The summed E-state index contributed by atoms with van der Waals surface area (Å²) in [6, 6.07) is 15.0. The van der Waals surface area contributed by atoms with Crippen molar-refractivity contribution in [3.05, 3.63) is 53.6 Å². The molecule has 3 rings (SSSR count). The molecular weight excluding hydrogens is 264 g/mol. The fourth-order valence-electron chi connectivity index (χ4n) is 2.35. The van der Waals surface area contributed by atoms with Gasteiger partial charge in [-0.05, 0) is 50.2 Å². The predicted octanol–water partition coefficient (Wildman–Crippen LogP) is 4.03. The van der Waals surface area contributed by atoms with Crippen LogP contribution in [0.4, 0.5) is 0 Å². The first kappa shape index (κ1) is 13.3. The van der Waals surface area contributed by atoms with Gasteiger partial charge in [0.2, 0.25) is 0 Å². The minimum atomic E-state index is 0.987. The number of fused-ring (bicyclic) bond motifs is 1. The number of rotatable bonds is 4. The predicted molar refractivity (Wildman–Crippen MR) is 87.4 cm³/mol. The highest BCUT2D eigenvalue weighted by Gasteiger charge is 2.10. The number of benzene rings is 2. The molecule has 0 saturated carbocycles. The maximum absolute atomic E-state index is 4.79. The topological polar surface area (TPSA) is 24.9 Å². The Morgan fingerprint density at radius 1 is 1.15 bits per heavy atom. The van der Waals surface area contributed by atoms with Gasteiger partial charge in [0, 0.05) is 5.56 Å². The van der Waals surface area contributed by atoms with E-state index in [-0.39, 0.29) is 0 Å². The third-order valence-electron chi connectivity index (χ3n) is 3.44. The molecule has 0 spiro atoms. The molecule has 20 heavy (non-hydrogen) atoms. The molecule has 0 aliphatic heterocycles. The molecule has 0 atom stereocenters. The molecule has 0 bridgehead atoms. The van der Waals surface area contributed by atoms with Crippen molar-refractivity contribution in [1.82, 2.24) is 10.3 Å². The highest BCUT2D eigenvalue weighted by Crippen LogP contribution is 2.32. The molecule has 1 heterocycles. The number of nitrogens with zero attached hydrogens (tertiary/aromatic N) is 1. The SMILES string of the molecule is CNCCc1ccccc1-c1nc2ccc(C)cc2s1. The molecule has 2 nitrogen and oxygen atoms in total.